The summed E-state index contributed by atoms with van der Waals surface area (Å²) < 4.78 is 36.6. The first-order valence-electron chi connectivity index (χ1n) is 13.9. The van der Waals surface area contributed by atoms with E-state index < -0.39 is 10.0 Å². The number of carbonyl (C=O) groups excluding carboxylic acids is 1. The number of rotatable bonds is 11. The predicted molar refractivity (Wildman–Crippen MR) is 167 cm³/mol. The molecule has 8 nitrogen and oxygen atoms in total. The van der Waals surface area contributed by atoms with Gasteiger partial charge in [0.05, 0.1) is 28.1 Å². The normalized spacial score (nSPS) is 18.8. The lowest BCUT2D eigenvalue weighted by atomic mass is 10.1. The van der Waals surface area contributed by atoms with Crippen LogP contribution in [0.5, 0.6) is 0 Å². The summed E-state index contributed by atoms with van der Waals surface area (Å²) in [7, 11) is -3.68. The highest BCUT2D eigenvalue weighted by molar-refractivity contribution is 8.26. The van der Waals surface area contributed by atoms with Crippen LogP contribution in [0.2, 0.25) is 0 Å². The lowest BCUT2D eigenvalue weighted by Gasteiger charge is -2.21. The molecule has 1 aromatic heterocycles. The van der Waals surface area contributed by atoms with Crippen molar-refractivity contribution >= 4 is 50.3 Å². The average Bonchev–Trinajstić information content (AvgIpc) is 3.71. The molecule has 1 atom stereocenters. The van der Waals surface area contributed by atoms with Crippen molar-refractivity contribution in [1.29, 1.82) is 0 Å². The minimum Gasteiger partial charge on any atom is -0.376 e. The monoisotopic (exact) mass is 610 g/mol. The molecule has 0 spiro atoms. The maximum atomic E-state index is 13.6. The first-order valence-corrected chi connectivity index (χ1v) is 16.6. The molecule has 2 saturated heterocycles. The maximum absolute atomic E-state index is 13.6. The predicted octanol–water partition coefficient (Wildman–Crippen LogP) is 5.73. The fourth-order valence-electron chi connectivity index (χ4n) is 5.02. The van der Waals surface area contributed by atoms with Crippen LogP contribution >= 0.6 is 24.0 Å². The van der Waals surface area contributed by atoms with Gasteiger partial charge in [0.1, 0.15) is 10.0 Å². The number of aromatic nitrogens is 2. The molecule has 2 aliphatic heterocycles. The molecule has 1 unspecified atom stereocenters. The van der Waals surface area contributed by atoms with Crippen LogP contribution in [-0.2, 0) is 19.6 Å². The van der Waals surface area contributed by atoms with Crippen molar-refractivity contribution in [3.8, 4) is 16.9 Å². The fourth-order valence-corrected chi connectivity index (χ4v) is 7.96. The van der Waals surface area contributed by atoms with Crippen molar-refractivity contribution in [2.75, 3.05) is 26.2 Å². The highest BCUT2D eigenvalue weighted by atomic mass is 32.2. The Balaban J connectivity index is 1.54. The van der Waals surface area contributed by atoms with Gasteiger partial charge < -0.3 is 4.74 Å². The van der Waals surface area contributed by atoms with E-state index in [9.17, 15) is 13.2 Å². The number of hydrogen-bond donors (Lipinski definition) is 0. The van der Waals surface area contributed by atoms with E-state index in [2.05, 4.69) is 0 Å². The molecule has 5 rings (SSSR count). The summed E-state index contributed by atoms with van der Waals surface area (Å²) in [4.78, 5) is 15.7. The van der Waals surface area contributed by atoms with Gasteiger partial charge in [0.25, 0.3) is 5.91 Å². The lowest BCUT2D eigenvalue weighted by molar-refractivity contribution is -0.123. The van der Waals surface area contributed by atoms with Crippen molar-refractivity contribution in [2.45, 2.75) is 50.5 Å². The Kier molecular flexibility index (Phi) is 9.40. The van der Waals surface area contributed by atoms with Crippen LogP contribution in [0.3, 0.4) is 0 Å². The topological polar surface area (TPSA) is 84.7 Å². The van der Waals surface area contributed by atoms with Gasteiger partial charge in [-0.1, -0.05) is 68.2 Å². The van der Waals surface area contributed by atoms with Gasteiger partial charge in [-0.15, -0.1) is 0 Å². The number of benzene rings is 2. The number of hydrogen-bond acceptors (Lipinski definition) is 7. The van der Waals surface area contributed by atoms with Gasteiger partial charge in [0.2, 0.25) is 10.0 Å². The maximum Gasteiger partial charge on any atom is 0.266 e. The second-order valence-corrected chi connectivity index (χ2v) is 13.7. The number of para-hydroxylation sites is 1. The zero-order valence-electron chi connectivity index (χ0n) is 23.2. The molecular weight excluding hydrogens is 577 g/mol. The second kappa shape index (κ2) is 13.0. The molecule has 3 aromatic rings. The average molecular weight is 611 g/mol. The summed E-state index contributed by atoms with van der Waals surface area (Å²) in [5, 5.41) is 4.86. The van der Waals surface area contributed by atoms with E-state index in [0.717, 1.165) is 31.4 Å². The molecule has 2 aromatic carbocycles. The van der Waals surface area contributed by atoms with Crippen LogP contribution in [-0.4, -0.2) is 70.0 Å². The van der Waals surface area contributed by atoms with Crippen LogP contribution < -0.4 is 0 Å². The standard InChI is InChI=1S/C30H34N4O4S3/c1-3-15-32(16-4-2)41(36,37)26-14-8-10-22(18-26)28-23(20-34(31-28)24-11-6-5-7-12-24)19-27-29(35)33(30(39)40-27)21-25-13-9-17-38-25/h5-8,10-12,14,18-20,25H,3-4,9,13,15-17,21H2,1-2H3/b27-19-. The summed E-state index contributed by atoms with van der Waals surface area (Å²) in [5.74, 6) is -0.153. The van der Waals surface area contributed by atoms with Crippen molar-refractivity contribution in [3.63, 3.8) is 0 Å². The molecule has 216 valence electrons. The van der Waals surface area contributed by atoms with Crippen LogP contribution in [0, 0.1) is 0 Å². The molecular formula is C30H34N4O4S3. The highest BCUT2D eigenvalue weighted by Gasteiger charge is 2.35. The summed E-state index contributed by atoms with van der Waals surface area (Å²) >= 11 is 6.82. The molecule has 0 N–H and O–H groups in total. The van der Waals surface area contributed by atoms with Gasteiger partial charge in [-0.05, 0) is 56.0 Å². The summed E-state index contributed by atoms with van der Waals surface area (Å²) in [6, 6.07) is 16.6. The van der Waals surface area contributed by atoms with E-state index in [-0.39, 0.29) is 16.9 Å². The molecule has 0 radical (unpaired) electrons. The highest BCUT2D eigenvalue weighted by Crippen LogP contribution is 2.36. The Bertz CT molecular complexity index is 1540. The SMILES string of the molecule is CCCN(CCC)S(=O)(=O)c1cccc(-c2nn(-c3ccccc3)cc2/C=C2\SC(=S)N(CC3CCCO3)C2=O)c1. The largest absolute Gasteiger partial charge is 0.376 e. The zero-order valence-corrected chi connectivity index (χ0v) is 25.7. The Hall–Kier alpha value is -2.83. The lowest BCUT2D eigenvalue weighted by Crippen LogP contribution is -2.35. The van der Waals surface area contributed by atoms with E-state index in [1.54, 1.807) is 33.9 Å². The Labute approximate surface area is 251 Å². The third-order valence-electron chi connectivity index (χ3n) is 7.02. The minimum absolute atomic E-state index is 0.00193. The first-order chi connectivity index (χ1) is 19.8. The Morgan fingerprint density at radius 3 is 2.56 bits per heavy atom. The van der Waals surface area contributed by atoms with E-state index in [1.165, 1.54) is 16.1 Å². The summed E-state index contributed by atoms with van der Waals surface area (Å²) in [5.41, 5.74) is 2.77. The van der Waals surface area contributed by atoms with Gasteiger partial charge in [-0.3, -0.25) is 9.69 Å². The van der Waals surface area contributed by atoms with Gasteiger partial charge in [-0.25, -0.2) is 13.1 Å². The number of nitrogens with zero attached hydrogens (tertiary/aromatic N) is 4. The number of thioether (sulfide) groups is 1. The number of carbonyl (C=O) groups is 1. The van der Waals surface area contributed by atoms with E-state index in [1.807, 2.05) is 56.4 Å². The summed E-state index contributed by atoms with van der Waals surface area (Å²) in [6.07, 6.45) is 7.03. The van der Waals surface area contributed by atoms with Crippen LogP contribution in [0.15, 0.2) is 70.6 Å². The molecule has 2 aliphatic rings. The molecule has 0 aliphatic carbocycles. The summed E-state index contributed by atoms with van der Waals surface area (Å²) in [6.45, 7) is 6.02. The molecule has 41 heavy (non-hydrogen) atoms. The number of ether oxygens (including phenoxy) is 1. The van der Waals surface area contributed by atoms with Gasteiger partial charge in [0, 0.05) is 37.0 Å². The van der Waals surface area contributed by atoms with Crippen molar-refractivity contribution in [3.05, 3.63) is 71.3 Å². The molecule has 0 saturated carbocycles. The van der Waals surface area contributed by atoms with Crippen molar-refractivity contribution in [1.82, 2.24) is 19.0 Å². The third kappa shape index (κ3) is 6.49. The number of thiocarbonyl (C=S) groups is 1. The molecule has 3 heterocycles. The number of amides is 1. The quantitative estimate of drug-likeness (QED) is 0.203. The van der Waals surface area contributed by atoms with Crippen molar-refractivity contribution in [2.24, 2.45) is 0 Å². The first kappa shape index (κ1) is 29.7. The van der Waals surface area contributed by atoms with E-state index in [4.69, 9.17) is 22.1 Å². The molecule has 2 fully saturated rings. The second-order valence-electron chi connectivity index (χ2n) is 10.1. The molecule has 1 amide bonds. The van der Waals surface area contributed by atoms with Crippen LogP contribution in [0.1, 0.15) is 45.1 Å². The Morgan fingerprint density at radius 2 is 1.88 bits per heavy atom. The molecule has 0 bridgehead atoms. The van der Waals surface area contributed by atoms with E-state index >= 15 is 0 Å². The van der Waals surface area contributed by atoms with Crippen LogP contribution in [0.25, 0.3) is 23.0 Å². The minimum atomic E-state index is -3.68. The van der Waals surface area contributed by atoms with Crippen molar-refractivity contribution < 1.29 is 17.9 Å². The van der Waals surface area contributed by atoms with Crippen LogP contribution in [0.4, 0.5) is 0 Å². The fraction of sp³-hybridized carbons (Fsp3) is 0.367. The van der Waals surface area contributed by atoms with Gasteiger partial charge >= 0.3 is 0 Å². The molecule has 11 heteroatoms. The third-order valence-corrected chi connectivity index (χ3v) is 10.3. The van der Waals surface area contributed by atoms with E-state index in [0.29, 0.717) is 52.3 Å². The Morgan fingerprint density at radius 1 is 1.12 bits per heavy atom. The zero-order chi connectivity index (χ0) is 29.0. The van der Waals surface area contributed by atoms with Gasteiger partial charge in [0.15, 0.2) is 0 Å². The smallest absolute Gasteiger partial charge is 0.266 e. The number of sulfonamides is 1. The van der Waals surface area contributed by atoms with Gasteiger partial charge in [-0.2, -0.15) is 9.40 Å².